The van der Waals surface area contributed by atoms with E-state index in [0.29, 0.717) is 6.54 Å². The molecule has 1 aromatic carbocycles. The van der Waals surface area contributed by atoms with Gasteiger partial charge in [-0.2, -0.15) is 0 Å². The second kappa shape index (κ2) is 5.29. The van der Waals surface area contributed by atoms with E-state index in [2.05, 4.69) is 12.1 Å². The fourth-order valence-corrected chi connectivity index (χ4v) is 2.17. The van der Waals surface area contributed by atoms with Crippen molar-refractivity contribution in [2.24, 2.45) is 5.73 Å². The first-order valence-electron chi connectivity index (χ1n) is 5.82. The summed E-state index contributed by atoms with van der Waals surface area (Å²) in [6.07, 6.45) is 0.904. The fourth-order valence-electron chi connectivity index (χ4n) is 2.17. The number of fused-ring (bicyclic) bond motifs is 1. The van der Waals surface area contributed by atoms with E-state index in [4.69, 9.17) is 10.5 Å². The number of rotatable bonds is 3. The Morgan fingerprint density at radius 1 is 1.47 bits per heavy atom. The van der Waals surface area contributed by atoms with E-state index in [0.717, 1.165) is 13.0 Å². The van der Waals surface area contributed by atoms with Crippen LogP contribution in [0.4, 0.5) is 0 Å². The summed E-state index contributed by atoms with van der Waals surface area (Å²) in [7, 11) is 1.55. The molecule has 0 bridgehead atoms. The average molecular weight is 234 g/mol. The van der Waals surface area contributed by atoms with Gasteiger partial charge >= 0.3 is 0 Å². The van der Waals surface area contributed by atoms with E-state index in [-0.39, 0.29) is 12.5 Å². The Kier molecular flexibility index (Phi) is 3.76. The number of benzene rings is 1. The second-order valence-corrected chi connectivity index (χ2v) is 4.34. The second-order valence-electron chi connectivity index (χ2n) is 4.34. The Morgan fingerprint density at radius 3 is 2.88 bits per heavy atom. The number of ether oxygens (including phenoxy) is 1. The molecular weight excluding hydrogens is 216 g/mol. The van der Waals surface area contributed by atoms with Crippen molar-refractivity contribution in [3.63, 3.8) is 0 Å². The van der Waals surface area contributed by atoms with Gasteiger partial charge in [-0.05, 0) is 17.5 Å². The molecule has 0 aromatic heterocycles. The zero-order valence-corrected chi connectivity index (χ0v) is 10.1. The van der Waals surface area contributed by atoms with Crippen molar-refractivity contribution >= 4 is 5.91 Å². The van der Waals surface area contributed by atoms with E-state index in [1.54, 1.807) is 7.11 Å². The molecule has 1 aromatic rings. The van der Waals surface area contributed by atoms with Crippen LogP contribution in [-0.4, -0.2) is 37.1 Å². The molecule has 0 radical (unpaired) electrons. The van der Waals surface area contributed by atoms with Gasteiger partial charge in [-0.25, -0.2) is 0 Å². The topological polar surface area (TPSA) is 55.6 Å². The minimum absolute atomic E-state index is 0.0265. The number of hydrogen-bond acceptors (Lipinski definition) is 3. The maximum absolute atomic E-state index is 12.0. The largest absolute Gasteiger partial charge is 0.383 e. The van der Waals surface area contributed by atoms with Crippen LogP contribution in [0.15, 0.2) is 24.3 Å². The van der Waals surface area contributed by atoms with Gasteiger partial charge in [0.25, 0.3) is 0 Å². The number of amides is 1. The van der Waals surface area contributed by atoms with Crippen molar-refractivity contribution in [3.05, 3.63) is 35.4 Å². The number of nitrogens with zero attached hydrogens (tertiary/aromatic N) is 1. The van der Waals surface area contributed by atoms with Crippen molar-refractivity contribution in [2.45, 2.75) is 19.0 Å². The molecular formula is C13H18N2O2. The van der Waals surface area contributed by atoms with Crippen LogP contribution in [-0.2, 0) is 22.5 Å². The van der Waals surface area contributed by atoms with Crippen molar-refractivity contribution in [1.82, 2.24) is 4.90 Å². The van der Waals surface area contributed by atoms with E-state index in [1.807, 2.05) is 17.0 Å². The molecule has 92 valence electrons. The van der Waals surface area contributed by atoms with Gasteiger partial charge in [0.15, 0.2) is 0 Å². The van der Waals surface area contributed by atoms with Crippen LogP contribution in [0.25, 0.3) is 0 Å². The lowest BCUT2D eigenvalue weighted by atomic mass is 9.99. The lowest BCUT2D eigenvalue weighted by molar-refractivity contribution is -0.134. The summed E-state index contributed by atoms with van der Waals surface area (Å²) >= 11 is 0. The monoisotopic (exact) mass is 234 g/mol. The minimum Gasteiger partial charge on any atom is -0.383 e. The molecule has 1 atom stereocenters. The number of carbonyl (C=O) groups is 1. The Balaban J connectivity index is 2.05. The van der Waals surface area contributed by atoms with Gasteiger partial charge in [0.1, 0.15) is 6.04 Å². The molecule has 1 heterocycles. The lowest BCUT2D eigenvalue weighted by Gasteiger charge is -2.30. The molecule has 0 aliphatic carbocycles. The zero-order valence-electron chi connectivity index (χ0n) is 10.1. The highest BCUT2D eigenvalue weighted by atomic mass is 16.5. The normalized spacial score (nSPS) is 16.5. The lowest BCUT2D eigenvalue weighted by Crippen LogP contribution is -2.47. The highest BCUT2D eigenvalue weighted by Crippen LogP contribution is 2.18. The molecule has 0 saturated heterocycles. The van der Waals surface area contributed by atoms with Crippen LogP contribution in [0, 0.1) is 0 Å². The molecule has 4 heteroatoms. The zero-order chi connectivity index (χ0) is 12.3. The van der Waals surface area contributed by atoms with Crippen LogP contribution >= 0.6 is 0 Å². The first-order chi connectivity index (χ1) is 8.22. The van der Waals surface area contributed by atoms with Gasteiger partial charge in [0.05, 0.1) is 6.61 Å². The Labute approximate surface area is 101 Å². The molecule has 4 nitrogen and oxygen atoms in total. The third kappa shape index (κ3) is 2.65. The predicted octanol–water partition coefficient (Wildman–Crippen LogP) is 0.545. The molecule has 0 saturated carbocycles. The van der Waals surface area contributed by atoms with Gasteiger partial charge in [-0.3, -0.25) is 4.79 Å². The van der Waals surface area contributed by atoms with Gasteiger partial charge in [0, 0.05) is 20.2 Å². The van der Waals surface area contributed by atoms with E-state index in [9.17, 15) is 4.79 Å². The maximum atomic E-state index is 12.0. The first kappa shape index (κ1) is 12.1. The minimum atomic E-state index is -0.551. The van der Waals surface area contributed by atoms with Crippen LogP contribution in [0.5, 0.6) is 0 Å². The SMILES string of the molecule is COCC(N)C(=O)N1CCc2ccccc2C1. The third-order valence-corrected chi connectivity index (χ3v) is 3.11. The molecule has 0 fully saturated rings. The molecule has 0 spiro atoms. The highest BCUT2D eigenvalue weighted by molar-refractivity contribution is 5.82. The van der Waals surface area contributed by atoms with E-state index < -0.39 is 6.04 Å². The van der Waals surface area contributed by atoms with Gasteiger partial charge < -0.3 is 15.4 Å². The number of nitrogens with two attached hydrogens (primary N) is 1. The molecule has 1 aliphatic heterocycles. The highest BCUT2D eigenvalue weighted by Gasteiger charge is 2.24. The van der Waals surface area contributed by atoms with Crippen LogP contribution < -0.4 is 5.73 Å². The number of hydrogen-bond donors (Lipinski definition) is 1. The standard InChI is InChI=1S/C13H18N2O2/c1-17-9-12(14)13(16)15-7-6-10-4-2-3-5-11(10)8-15/h2-5,12H,6-9,14H2,1H3. The van der Waals surface area contributed by atoms with Crippen molar-refractivity contribution in [2.75, 3.05) is 20.3 Å². The Morgan fingerprint density at radius 2 is 2.18 bits per heavy atom. The number of methoxy groups -OCH3 is 1. The van der Waals surface area contributed by atoms with Crippen LogP contribution in [0.1, 0.15) is 11.1 Å². The Hall–Kier alpha value is -1.39. The average Bonchev–Trinajstić information content (AvgIpc) is 2.37. The van der Waals surface area contributed by atoms with Crippen molar-refractivity contribution < 1.29 is 9.53 Å². The first-order valence-corrected chi connectivity index (χ1v) is 5.82. The molecule has 2 rings (SSSR count). The summed E-state index contributed by atoms with van der Waals surface area (Å²) in [5, 5.41) is 0. The van der Waals surface area contributed by atoms with Crippen molar-refractivity contribution in [1.29, 1.82) is 0 Å². The summed E-state index contributed by atoms with van der Waals surface area (Å²) in [4.78, 5) is 13.8. The van der Waals surface area contributed by atoms with Crippen LogP contribution in [0.3, 0.4) is 0 Å². The van der Waals surface area contributed by atoms with Gasteiger partial charge in [0.2, 0.25) is 5.91 Å². The quantitative estimate of drug-likeness (QED) is 0.830. The molecule has 2 N–H and O–H groups in total. The summed E-state index contributed by atoms with van der Waals surface area (Å²) in [5.41, 5.74) is 8.31. The molecule has 1 amide bonds. The molecule has 1 aliphatic rings. The maximum Gasteiger partial charge on any atom is 0.242 e. The third-order valence-electron chi connectivity index (χ3n) is 3.11. The van der Waals surface area contributed by atoms with Gasteiger partial charge in [-0.15, -0.1) is 0 Å². The predicted molar refractivity (Wildman–Crippen MR) is 65.4 cm³/mol. The summed E-state index contributed by atoms with van der Waals surface area (Å²) in [6, 6.07) is 7.67. The number of carbonyl (C=O) groups excluding carboxylic acids is 1. The fraction of sp³-hybridized carbons (Fsp3) is 0.462. The Bertz CT molecular complexity index is 406. The van der Waals surface area contributed by atoms with E-state index in [1.165, 1.54) is 11.1 Å². The molecule has 17 heavy (non-hydrogen) atoms. The summed E-state index contributed by atoms with van der Waals surface area (Å²) < 4.78 is 4.91. The smallest absolute Gasteiger partial charge is 0.242 e. The van der Waals surface area contributed by atoms with E-state index >= 15 is 0 Å². The van der Waals surface area contributed by atoms with Crippen molar-refractivity contribution in [3.8, 4) is 0 Å². The molecule has 1 unspecified atom stereocenters. The summed E-state index contributed by atoms with van der Waals surface area (Å²) in [6.45, 7) is 1.68. The van der Waals surface area contributed by atoms with Crippen LogP contribution in [0.2, 0.25) is 0 Å². The summed E-state index contributed by atoms with van der Waals surface area (Å²) in [5.74, 6) is -0.0265. The van der Waals surface area contributed by atoms with Gasteiger partial charge in [-0.1, -0.05) is 24.3 Å².